The fourth-order valence-corrected chi connectivity index (χ4v) is 6.35. The molecule has 4 nitrogen and oxygen atoms in total. The van der Waals surface area contributed by atoms with E-state index in [9.17, 15) is 17.6 Å². The van der Waals surface area contributed by atoms with Gasteiger partial charge in [-0.25, -0.2) is 4.39 Å². The number of hydrogen-bond donors (Lipinski definition) is 1. The number of thioether (sulfide) groups is 1. The molecule has 1 saturated carbocycles. The van der Waals surface area contributed by atoms with Gasteiger partial charge in [-0.15, -0.1) is 16.9 Å². The lowest BCUT2D eigenvalue weighted by atomic mass is 9.94. The molecule has 3 aliphatic rings. The maximum atomic E-state index is 14.5. The summed E-state index contributed by atoms with van der Waals surface area (Å²) in [6.07, 6.45) is 0.489. The number of piperidine rings is 1. The standard InChI is InChI=1S/C27H36F4N4S/c1-18(2)25(34-33-19(3)20-7-10-32-11-8-20)36-14-4-12-35-13-9-26(17-35)16-23(26)22-6-5-21(15-24(22)28)27(29,30)31/h5-6,15,20,23,32H,1,4,7-14,16-17H2,2-3H3/b33-19+,34-25+/t23?,26-/m0/s1. The summed E-state index contributed by atoms with van der Waals surface area (Å²) in [5.41, 5.74) is 1.53. The zero-order valence-electron chi connectivity index (χ0n) is 21.1. The van der Waals surface area contributed by atoms with Crippen LogP contribution in [0, 0.1) is 17.2 Å². The summed E-state index contributed by atoms with van der Waals surface area (Å²) in [6, 6.07) is 2.99. The number of likely N-dealkylation sites (tertiary alicyclic amines) is 1. The number of halogens is 4. The minimum atomic E-state index is -4.52. The Balaban J connectivity index is 1.24. The van der Waals surface area contributed by atoms with Gasteiger partial charge >= 0.3 is 6.18 Å². The van der Waals surface area contributed by atoms with E-state index in [0.29, 0.717) is 17.5 Å². The Hall–Kier alpha value is -1.71. The van der Waals surface area contributed by atoms with Gasteiger partial charge in [0.1, 0.15) is 10.9 Å². The van der Waals surface area contributed by atoms with Crippen LogP contribution in [0.5, 0.6) is 0 Å². The van der Waals surface area contributed by atoms with E-state index in [4.69, 9.17) is 0 Å². The lowest BCUT2D eigenvalue weighted by Crippen LogP contribution is -2.30. The lowest BCUT2D eigenvalue weighted by Gasteiger charge is -2.21. The van der Waals surface area contributed by atoms with Crippen molar-refractivity contribution in [1.29, 1.82) is 0 Å². The first-order chi connectivity index (χ1) is 17.1. The van der Waals surface area contributed by atoms with Crippen LogP contribution >= 0.6 is 11.8 Å². The summed E-state index contributed by atoms with van der Waals surface area (Å²) in [6.45, 7) is 12.9. The van der Waals surface area contributed by atoms with Gasteiger partial charge in [0, 0.05) is 23.9 Å². The molecule has 4 rings (SSSR count). The minimum Gasteiger partial charge on any atom is -0.317 e. The van der Waals surface area contributed by atoms with Gasteiger partial charge in [-0.05, 0) is 107 Å². The minimum absolute atomic E-state index is 0.0128. The molecular weight excluding hydrogens is 488 g/mol. The molecule has 3 fully saturated rings. The van der Waals surface area contributed by atoms with E-state index in [-0.39, 0.29) is 11.3 Å². The van der Waals surface area contributed by atoms with Crippen molar-refractivity contribution in [3.05, 3.63) is 47.3 Å². The molecule has 1 N–H and O–H groups in total. The van der Waals surface area contributed by atoms with Crippen molar-refractivity contribution < 1.29 is 17.6 Å². The van der Waals surface area contributed by atoms with Crippen molar-refractivity contribution in [2.75, 3.05) is 38.5 Å². The van der Waals surface area contributed by atoms with Crippen molar-refractivity contribution in [1.82, 2.24) is 10.2 Å². The third-order valence-corrected chi connectivity index (χ3v) is 9.00. The molecule has 1 unspecified atom stereocenters. The average Bonchev–Trinajstić information content (AvgIpc) is 3.37. The highest BCUT2D eigenvalue weighted by molar-refractivity contribution is 8.14. The number of nitrogens with one attached hydrogen (secondary N) is 1. The third-order valence-electron chi connectivity index (χ3n) is 7.81. The van der Waals surface area contributed by atoms with Crippen molar-refractivity contribution >= 4 is 22.5 Å². The van der Waals surface area contributed by atoms with Crippen LogP contribution in [0.2, 0.25) is 0 Å². The first-order valence-corrected chi connectivity index (χ1v) is 13.8. The second-order valence-electron chi connectivity index (χ2n) is 10.5. The van der Waals surface area contributed by atoms with Crippen LogP contribution in [0.3, 0.4) is 0 Å². The van der Waals surface area contributed by atoms with Gasteiger partial charge in [0.15, 0.2) is 0 Å². The van der Waals surface area contributed by atoms with Crippen LogP contribution in [0.25, 0.3) is 0 Å². The smallest absolute Gasteiger partial charge is 0.317 e. The molecular formula is C27H36F4N4S. The zero-order valence-corrected chi connectivity index (χ0v) is 22.0. The Kier molecular flexibility index (Phi) is 8.62. The highest BCUT2D eigenvalue weighted by atomic mass is 32.2. The van der Waals surface area contributed by atoms with Crippen LogP contribution in [0.1, 0.15) is 63.0 Å². The molecule has 2 heterocycles. The highest BCUT2D eigenvalue weighted by Gasteiger charge is 2.58. The van der Waals surface area contributed by atoms with Crippen LogP contribution in [-0.2, 0) is 6.18 Å². The van der Waals surface area contributed by atoms with Crippen molar-refractivity contribution in [3.63, 3.8) is 0 Å². The van der Waals surface area contributed by atoms with Gasteiger partial charge in [-0.3, -0.25) is 0 Å². The molecule has 1 spiro atoms. The summed E-state index contributed by atoms with van der Waals surface area (Å²) in [7, 11) is 0. The van der Waals surface area contributed by atoms with Crippen molar-refractivity contribution in [3.8, 4) is 0 Å². The number of hydrogen-bond acceptors (Lipinski definition) is 5. The van der Waals surface area contributed by atoms with E-state index in [2.05, 4.69) is 33.9 Å². The summed E-state index contributed by atoms with van der Waals surface area (Å²) in [5.74, 6) is 0.693. The number of nitrogens with zero attached hydrogens (tertiary/aromatic N) is 3. The van der Waals surface area contributed by atoms with Crippen LogP contribution in [0.15, 0.2) is 40.6 Å². The summed E-state index contributed by atoms with van der Waals surface area (Å²) in [4.78, 5) is 2.40. The fourth-order valence-electron chi connectivity index (χ4n) is 5.54. The Labute approximate surface area is 215 Å². The number of benzene rings is 1. The number of rotatable bonds is 8. The van der Waals surface area contributed by atoms with E-state index < -0.39 is 17.6 Å². The third kappa shape index (κ3) is 6.58. The molecule has 0 bridgehead atoms. The fraction of sp³-hybridized carbons (Fsp3) is 0.630. The molecule has 2 atom stereocenters. The topological polar surface area (TPSA) is 40.0 Å². The van der Waals surface area contributed by atoms with E-state index in [1.807, 2.05) is 6.92 Å². The predicted octanol–water partition coefficient (Wildman–Crippen LogP) is 6.50. The van der Waals surface area contributed by atoms with Gasteiger partial charge in [-0.1, -0.05) is 12.6 Å². The quantitative estimate of drug-likeness (QED) is 0.139. The molecule has 198 valence electrons. The van der Waals surface area contributed by atoms with E-state index >= 15 is 0 Å². The first kappa shape index (κ1) is 27.3. The molecule has 0 radical (unpaired) electrons. The Morgan fingerprint density at radius 2 is 1.97 bits per heavy atom. The van der Waals surface area contributed by atoms with Gasteiger partial charge in [0.05, 0.1) is 5.56 Å². The molecule has 0 amide bonds. The van der Waals surface area contributed by atoms with Gasteiger partial charge in [0.25, 0.3) is 0 Å². The predicted molar refractivity (Wildman–Crippen MR) is 140 cm³/mol. The van der Waals surface area contributed by atoms with Gasteiger partial charge in [-0.2, -0.15) is 18.3 Å². The SMILES string of the molecule is C=C(C)/C(=N\N=C(/C)C1CCNCC1)SCCCN1CC[C@]2(CC2c2ccc(C(F)(F)F)cc2F)C1. The van der Waals surface area contributed by atoms with E-state index in [1.165, 1.54) is 6.07 Å². The largest absolute Gasteiger partial charge is 0.416 e. The van der Waals surface area contributed by atoms with Crippen LogP contribution in [-0.4, -0.2) is 54.1 Å². The summed E-state index contributed by atoms with van der Waals surface area (Å²) < 4.78 is 53.1. The molecule has 36 heavy (non-hydrogen) atoms. The normalized spacial score (nSPS) is 26.1. The zero-order chi connectivity index (χ0) is 25.9. The second kappa shape index (κ2) is 11.4. The van der Waals surface area contributed by atoms with Crippen molar-refractivity contribution in [2.45, 2.75) is 58.0 Å². The summed E-state index contributed by atoms with van der Waals surface area (Å²) in [5, 5.41) is 13.3. The van der Waals surface area contributed by atoms with Crippen molar-refractivity contribution in [2.24, 2.45) is 21.5 Å². The molecule has 1 aromatic rings. The Morgan fingerprint density at radius 3 is 2.64 bits per heavy atom. The maximum Gasteiger partial charge on any atom is 0.416 e. The maximum absolute atomic E-state index is 14.5. The molecule has 2 aliphatic heterocycles. The first-order valence-electron chi connectivity index (χ1n) is 12.8. The Bertz CT molecular complexity index is 1020. The molecule has 1 aliphatic carbocycles. The molecule has 1 aromatic carbocycles. The van der Waals surface area contributed by atoms with Gasteiger partial charge in [0.2, 0.25) is 0 Å². The van der Waals surface area contributed by atoms with Crippen LogP contribution in [0.4, 0.5) is 17.6 Å². The van der Waals surface area contributed by atoms with E-state index in [0.717, 1.165) is 93.0 Å². The Morgan fingerprint density at radius 1 is 1.22 bits per heavy atom. The molecule has 2 saturated heterocycles. The molecule has 0 aromatic heterocycles. The summed E-state index contributed by atoms with van der Waals surface area (Å²) >= 11 is 1.68. The van der Waals surface area contributed by atoms with E-state index in [1.54, 1.807) is 11.8 Å². The molecule has 9 heteroatoms. The highest BCUT2D eigenvalue weighted by Crippen LogP contribution is 2.64. The average molecular weight is 525 g/mol. The number of alkyl halides is 3. The monoisotopic (exact) mass is 524 g/mol. The van der Waals surface area contributed by atoms with Gasteiger partial charge < -0.3 is 10.2 Å². The second-order valence-corrected chi connectivity index (χ2v) is 11.6. The van der Waals surface area contributed by atoms with Crippen LogP contribution < -0.4 is 5.32 Å². The lowest BCUT2D eigenvalue weighted by molar-refractivity contribution is -0.137.